The Hall–Kier alpha value is -3.58. The van der Waals surface area contributed by atoms with Gasteiger partial charge in [-0.1, -0.05) is 48.5 Å². The third kappa shape index (κ3) is 5.20. The van der Waals surface area contributed by atoms with Gasteiger partial charge < -0.3 is 5.11 Å². The van der Waals surface area contributed by atoms with E-state index in [0.717, 1.165) is 11.3 Å². The highest BCUT2D eigenvalue weighted by atomic mass is 32.1. The summed E-state index contributed by atoms with van der Waals surface area (Å²) in [5, 5.41) is 18.3. The van der Waals surface area contributed by atoms with Crippen molar-refractivity contribution in [2.45, 2.75) is 0 Å². The van der Waals surface area contributed by atoms with Gasteiger partial charge in [0.2, 0.25) is 5.11 Å². The summed E-state index contributed by atoms with van der Waals surface area (Å²) in [5.41, 5.74) is 8.30. The minimum Gasteiger partial charge on any atom is -0.507 e. The summed E-state index contributed by atoms with van der Waals surface area (Å²) in [5.74, 6) is 0.140. The van der Waals surface area contributed by atoms with Crippen LogP contribution < -0.4 is 10.9 Å². The number of hydrogen-bond acceptors (Lipinski definition) is 5. The first-order valence-corrected chi connectivity index (χ1v) is 8.56. The lowest BCUT2D eigenvalue weighted by atomic mass is 10.1. The SMILES string of the molecule is Oc1ccccc1/C=N/NC(=S)NN=C(c1ccccc1)c1ccccn1. The standard InChI is InChI=1S/C20H17N5OS/c26-18-12-5-4-10-16(18)14-22-24-20(27)25-23-19(15-8-2-1-3-9-15)17-11-6-7-13-21-17/h1-14,26H,(H2,24,25,27)/b22-14+,23-19?. The zero-order valence-corrected chi connectivity index (χ0v) is 15.1. The normalized spacial score (nSPS) is 11.3. The number of nitrogens with zero attached hydrogens (tertiary/aromatic N) is 3. The van der Waals surface area contributed by atoms with Crippen molar-refractivity contribution in [3.8, 4) is 5.75 Å². The minimum absolute atomic E-state index is 0.140. The zero-order chi connectivity index (χ0) is 18.9. The summed E-state index contributed by atoms with van der Waals surface area (Å²) in [6.45, 7) is 0. The summed E-state index contributed by atoms with van der Waals surface area (Å²) >= 11 is 5.19. The number of thiocarbonyl (C=S) groups is 1. The molecule has 0 spiro atoms. The van der Waals surface area contributed by atoms with E-state index in [1.165, 1.54) is 6.21 Å². The number of nitrogens with one attached hydrogen (secondary N) is 2. The van der Waals surface area contributed by atoms with Crippen LogP contribution in [0.4, 0.5) is 0 Å². The first-order chi connectivity index (χ1) is 13.2. The summed E-state index contributed by atoms with van der Waals surface area (Å²) < 4.78 is 0. The molecular formula is C20H17N5OS. The molecule has 0 aliphatic rings. The molecule has 0 atom stereocenters. The van der Waals surface area contributed by atoms with E-state index in [4.69, 9.17) is 12.2 Å². The van der Waals surface area contributed by atoms with Gasteiger partial charge in [-0.3, -0.25) is 15.8 Å². The van der Waals surface area contributed by atoms with Crippen LogP contribution in [-0.2, 0) is 0 Å². The van der Waals surface area contributed by atoms with Crippen LogP contribution >= 0.6 is 12.2 Å². The molecule has 27 heavy (non-hydrogen) atoms. The third-order valence-corrected chi connectivity index (χ3v) is 3.71. The maximum absolute atomic E-state index is 9.71. The molecule has 0 fully saturated rings. The maximum Gasteiger partial charge on any atom is 0.207 e. The molecule has 3 aromatic rings. The van der Waals surface area contributed by atoms with Crippen LogP contribution in [0.15, 0.2) is 89.2 Å². The van der Waals surface area contributed by atoms with E-state index >= 15 is 0 Å². The molecule has 0 aliphatic carbocycles. The van der Waals surface area contributed by atoms with Crippen molar-refractivity contribution in [2.24, 2.45) is 10.2 Å². The predicted molar refractivity (Wildman–Crippen MR) is 111 cm³/mol. The van der Waals surface area contributed by atoms with E-state index in [9.17, 15) is 5.11 Å². The van der Waals surface area contributed by atoms with Crippen LogP contribution in [0.3, 0.4) is 0 Å². The van der Waals surface area contributed by atoms with Crippen molar-refractivity contribution >= 4 is 29.3 Å². The lowest BCUT2D eigenvalue weighted by molar-refractivity contribution is 0.474. The van der Waals surface area contributed by atoms with E-state index in [0.29, 0.717) is 11.3 Å². The fourth-order valence-electron chi connectivity index (χ4n) is 2.26. The number of pyridine rings is 1. The Morgan fingerprint density at radius 1 is 0.926 bits per heavy atom. The van der Waals surface area contributed by atoms with E-state index in [1.807, 2.05) is 48.5 Å². The van der Waals surface area contributed by atoms with Crippen molar-refractivity contribution in [2.75, 3.05) is 0 Å². The molecule has 0 aliphatic heterocycles. The van der Waals surface area contributed by atoms with Crippen molar-refractivity contribution < 1.29 is 5.11 Å². The van der Waals surface area contributed by atoms with Gasteiger partial charge in [0.1, 0.15) is 11.5 Å². The van der Waals surface area contributed by atoms with Crippen molar-refractivity contribution in [3.05, 3.63) is 95.8 Å². The molecule has 0 radical (unpaired) electrons. The Balaban J connectivity index is 1.71. The number of aromatic nitrogens is 1. The second-order valence-electron chi connectivity index (χ2n) is 5.41. The molecule has 1 heterocycles. The molecule has 7 heteroatoms. The van der Waals surface area contributed by atoms with E-state index in [2.05, 4.69) is 26.0 Å². The van der Waals surface area contributed by atoms with Gasteiger partial charge in [0.05, 0.1) is 11.9 Å². The van der Waals surface area contributed by atoms with Gasteiger partial charge in [0.15, 0.2) is 0 Å². The monoisotopic (exact) mass is 375 g/mol. The summed E-state index contributed by atoms with van der Waals surface area (Å²) in [7, 11) is 0. The maximum atomic E-state index is 9.71. The van der Waals surface area contributed by atoms with Crippen molar-refractivity contribution in [3.63, 3.8) is 0 Å². The molecule has 0 unspecified atom stereocenters. The Morgan fingerprint density at radius 2 is 1.67 bits per heavy atom. The summed E-state index contributed by atoms with van der Waals surface area (Å²) in [4.78, 5) is 4.35. The van der Waals surface area contributed by atoms with Crippen molar-refractivity contribution in [1.29, 1.82) is 0 Å². The Morgan fingerprint density at radius 3 is 2.41 bits per heavy atom. The van der Waals surface area contributed by atoms with Crippen LogP contribution in [0.5, 0.6) is 5.75 Å². The van der Waals surface area contributed by atoms with Crippen molar-refractivity contribution in [1.82, 2.24) is 15.8 Å². The third-order valence-electron chi connectivity index (χ3n) is 3.53. The van der Waals surface area contributed by atoms with Crippen LogP contribution in [0.25, 0.3) is 0 Å². The Labute approximate surface area is 162 Å². The van der Waals surface area contributed by atoms with E-state index in [-0.39, 0.29) is 10.9 Å². The van der Waals surface area contributed by atoms with E-state index < -0.39 is 0 Å². The number of benzene rings is 2. The number of para-hydroxylation sites is 1. The topological polar surface area (TPSA) is 81.9 Å². The molecule has 3 rings (SSSR count). The lowest BCUT2D eigenvalue weighted by Gasteiger charge is -2.08. The number of hydrogen-bond donors (Lipinski definition) is 3. The highest BCUT2D eigenvalue weighted by Gasteiger charge is 2.08. The number of rotatable bonds is 5. The first-order valence-electron chi connectivity index (χ1n) is 8.15. The van der Waals surface area contributed by atoms with Crippen LogP contribution in [-0.4, -0.2) is 27.1 Å². The number of phenols is 1. The molecule has 3 N–H and O–H groups in total. The first kappa shape index (κ1) is 18.2. The lowest BCUT2D eigenvalue weighted by Crippen LogP contribution is -2.29. The average Bonchev–Trinajstić information content (AvgIpc) is 2.71. The average molecular weight is 375 g/mol. The quantitative estimate of drug-likeness (QED) is 0.363. The van der Waals surface area contributed by atoms with Gasteiger partial charge in [-0.05, 0) is 36.5 Å². The molecule has 0 saturated carbocycles. The fourth-order valence-corrected chi connectivity index (χ4v) is 2.36. The largest absolute Gasteiger partial charge is 0.507 e. The highest BCUT2D eigenvalue weighted by molar-refractivity contribution is 7.80. The highest BCUT2D eigenvalue weighted by Crippen LogP contribution is 2.12. The fraction of sp³-hybridized carbons (Fsp3) is 0. The second kappa shape index (κ2) is 9.21. The Kier molecular flexibility index (Phi) is 6.21. The molecule has 0 bridgehead atoms. The molecule has 0 amide bonds. The second-order valence-corrected chi connectivity index (χ2v) is 5.82. The number of hydrazone groups is 2. The predicted octanol–water partition coefficient (Wildman–Crippen LogP) is 3.04. The molecule has 1 aromatic heterocycles. The van der Waals surface area contributed by atoms with Crippen LogP contribution in [0.1, 0.15) is 16.8 Å². The molecule has 134 valence electrons. The number of aromatic hydroxyl groups is 1. The molecular weight excluding hydrogens is 358 g/mol. The van der Waals surface area contributed by atoms with E-state index in [1.54, 1.807) is 30.5 Å². The minimum atomic E-state index is 0.140. The van der Waals surface area contributed by atoms with Crippen LogP contribution in [0, 0.1) is 0 Å². The van der Waals surface area contributed by atoms with Gasteiger partial charge >= 0.3 is 0 Å². The molecule has 6 nitrogen and oxygen atoms in total. The van der Waals surface area contributed by atoms with Crippen LogP contribution in [0.2, 0.25) is 0 Å². The van der Waals surface area contributed by atoms with Gasteiger partial charge in [-0.2, -0.15) is 10.2 Å². The molecule has 0 saturated heterocycles. The zero-order valence-electron chi connectivity index (χ0n) is 14.3. The van der Waals surface area contributed by atoms with Gasteiger partial charge in [0, 0.05) is 17.3 Å². The van der Waals surface area contributed by atoms with Gasteiger partial charge in [-0.25, -0.2) is 0 Å². The smallest absolute Gasteiger partial charge is 0.207 e. The van der Waals surface area contributed by atoms with Gasteiger partial charge in [0.25, 0.3) is 0 Å². The number of phenolic OH excluding ortho intramolecular Hbond substituents is 1. The summed E-state index contributed by atoms with van der Waals surface area (Å²) in [6.07, 6.45) is 3.19. The van der Waals surface area contributed by atoms with Gasteiger partial charge in [-0.15, -0.1) is 0 Å². The Bertz CT molecular complexity index is 917. The molecule has 2 aromatic carbocycles. The summed E-state index contributed by atoms with van der Waals surface area (Å²) in [6, 6.07) is 22.2.